The maximum absolute atomic E-state index is 11.9. The first-order valence-corrected chi connectivity index (χ1v) is 6.19. The number of hydrogen-bond donors (Lipinski definition) is 2. The van der Waals surface area contributed by atoms with Gasteiger partial charge in [-0.15, -0.1) is 0 Å². The van der Waals surface area contributed by atoms with Crippen LogP contribution in [0.5, 0.6) is 0 Å². The first kappa shape index (κ1) is 14.7. The number of nitrogens with one attached hydrogen (secondary N) is 2. The molecular formula is C12H22N4O2. The predicted octanol–water partition coefficient (Wildman–Crippen LogP) is -0.0517. The van der Waals surface area contributed by atoms with E-state index in [1.165, 1.54) is 0 Å². The fraction of sp³-hybridized carbons (Fsp3) is 0.667. The number of carbonyl (C=O) groups excluding carboxylic acids is 1. The Morgan fingerprint density at radius 2 is 2.22 bits per heavy atom. The fourth-order valence-corrected chi connectivity index (χ4v) is 1.64. The van der Waals surface area contributed by atoms with E-state index in [4.69, 9.17) is 4.74 Å². The molecule has 0 spiro atoms. The van der Waals surface area contributed by atoms with E-state index in [1.807, 2.05) is 14.0 Å². The van der Waals surface area contributed by atoms with Crippen LogP contribution in [0.25, 0.3) is 0 Å². The van der Waals surface area contributed by atoms with Crippen molar-refractivity contribution in [2.75, 3.05) is 33.4 Å². The average molecular weight is 254 g/mol. The van der Waals surface area contributed by atoms with Gasteiger partial charge in [0.2, 0.25) is 0 Å². The van der Waals surface area contributed by atoms with Crippen molar-refractivity contribution in [3.05, 3.63) is 17.5 Å². The minimum Gasteiger partial charge on any atom is -0.383 e. The van der Waals surface area contributed by atoms with Gasteiger partial charge in [0.25, 0.3) is 5.91 Å². The third kappa shape index (κ3) is 4.46. The molecular weight excluding hydrogens is 232 g/mol. The maximum Gasteiger partial charge on any atom is 0.254 e. The molecule has 0 radical (unpaired) electrons. The van der Waals surface area contributed by atoms with Crippen molar-refractivity contribution in [1.29, 1.82) is 0 Å². The molecule has 6 heteroatoms. The smallest absolute Gasteiger partial charge is 0.254 e. The summed E-state index contributed by atoms with van der Waals surface area (Å²) in [7, 11) is 3.49. The normalized spacial score (nSPS) is 10.6. The molecule has 0 aromatic carbocycles. The number of amides is 1. The van der Waals surface area contributed by atoms with Crippen LogP contribution in [0.4, 0.5) is 0 Å². The van der Waals surface area contributed by atoms with Gasteiger partial charge in [0, 0.05) is 40.0 Å². The topological polar surface area (TPSA) is 68.2 Å². The highest BCUT2D eigenvalue weighted by Gasteiger charge is 2.13. The summed E-state index contributed by atoms with van der Waals surface area (Å²) >= 11 is 0. The largest absolute Gasteiger partial charge is 0.383 e. The molecule has 1 rings (SSSR count). The average Bonchev–Trinajstić information content (AvgIpc) is 2.74. The SMILES string of the molecule is CCc1nn(C)cc1C(=O)NCCNCCOC. The molecule has 0 saturated heterocycles. The molecule has 1 amide bonds. The molecule has 2 N–H and O–H groups in total. The van der Waals surface area contributed by atoms with Crippen LogP contribution in [0.2, 0.25) is 0 Å². The molecule has 0 unspecified atom stereocenters. The molecule has 0 fully saturated rings. The zero-order chi connectivity index (χ0) is 13.4. The Balaban J connectivity index is 2.32. The summed E-state index contributed by atoms with van der Waals surface area (Å²) in [5, 5.41) is 10.3. The van der Waals surface area contributed by atoms with E-state index >= 15 is 0 Å². The summed E-state index contributed by atoms with van der Waals surface area (Å²) in [4.78, 5) is 11.9. The van der Waals surface area contributed by atoms with E-state index in [0.29, 0.717) is 18.7 Å². The molecule has 102 valence electrons. The molecule has 0 aliphatic carbocycles. The molecule has 0 aliphatic rings. The van der Waals surface area contributed by atoms with E-state index in [0.717, 1.165) is 25.2 Å². The van der Waals surface area contributed by atoms with Gasteiger partial charge in [-0.1, -0.05) is 6.92 Å². The van der Waals surface area contributed by atoms with Crippen LogP contribution in [-0.4, -0.2) is 49.0 Å². The van der Waals surface area contributed by atoms with Crippen LogP contribution in [0.3, 0.4) is 0 Å². The number of hydrogen-bond acceptors (Lipinski definition) is 4. The van der Waals surface area contributed by atoms with E-state index in [9.17, 15) is 4.79 Å². The van der Waals surface area contributed by atoms with Crippen LogP contribution in [0, 0.1) is 0 Å². The van der Waals surface area contributed by atoms with Crippen molar-refractivity contribution in [1.82, 2.24) is 20.4 Å². The summed E-state index contributed by atoms with van der Waals surface area (Å²) in [5.74, 6) is -0.0616. The number of aryl methyl sites for hydroxylation is 2. The second-order valence-corrected chi connectivity index (χ2v) is 4.02. The summed E-state index contributed by atoms with van der Waals surface area (Å²) in [6.07, 6.45) is 2.52. The highest BCUT2D eigenvalue weighted by Crippen LogP contribution is 2.06. The number of aromatic nitrogens is 2. The lowest BCUT2D eigenvalue weighted by molar-refractivity contribution is 0.0952. The van der Waals surface area contributed by atoms with Gasteiger partial charge < -0.3 is 15.4 Å². The van der Waals surface area contributed by atoms with Gasteiger partial charge in [0.05, 0.1) is 17.9 Å². The summed E-state index contributed by atoms with van der Waals surface area (Å²) in [6.45, 7) is 4.79. The Bertz CT molecular complexity index is 376. The van der Waals surface area contributed by atoms with Gasteiger partial charge in [-0.25, -0.2) is 0 Å². The van der Waals surface area contributed by atoms with Crippen molar-refractivity contribution < 1.29 is 9.53 Å². The Kier molecular flexibility index (Phi) is 6.38. The van der Waals surface area contributed by atoms with Crippen LogP contribution < -0.4 is 10.6 Å². The lowest BCUT2D eigenvalue weighted by atomic mass is 10.2. The van der Waals surface area contributed by atoms with Gasteiger partial charge in [0.1, 0.15) is 0 Å². The summed E-state index contributed by atoms with van der Waals surface area (Å²) in [5.41, 5.74) is 1.50. The molecule has 0 saturated carbocycles. The minimum absolute atomic E-state index is 0.0616. The van der Waals surface area contributed by atoms with Crippen LogP contribution in [0.15, 0.2) is 6.20 Å². The van der Waals surface area contributed by atoms with Crippen molar-refractivity contribution >= 4 is 5.91 Å². The second kappa shape index (κ2) is 7.84. The Morgan fingerprint density at radius 3 is 2.89 bits per heavy atom. The number of rotatable bonds is 8. The van der Waals surface area contributed by atoms with Crippen molar-refractivity contribution in [2.45, 2.75) is 13.3 Å². The monoisotopic (exact) mass is 254 g/mol. The first-order chi connectivity index (χ1) is 8.69. The highest BCUT2D eigenvalue weighted by atomic mass is 16.5. The summed E-state index contributed by atoms with van der Waals surface area (Å²) in [6, 6.07) is 0. The van der Waals surface area contributed by atoms with E-state index in [1.54, 1.807) is 18.0 Å². The van der Waals surface area contributed by atoms with Crippen LogP contribution in [-0.2, 0) is 18.2 Å². The number of carbonyl (C=O) groups is 1. The Labute approximate surface area is 108 Å². The van der Waals surface area contributed by atoms with E-state index < -0.39 is 0 Å². The van der Waals surface area contributed by atoms with Gasteiger partial charge in [0.15, 0.2) is 0 Å². The van der Waals surface area contributed by atoms with Crippen molar-refractivity contribution in [3.63, 3.8) is 0 Å². The van der Waals surface area contributed by atoms with Gasteiger partial charge in [-0.3, -0.25) is 9.48 Å². The third-order valence-corrected chi connectivity index (χ3v) is 2.56. The molecule has 1 aromatic rings. The van der Waals surface area contributed by atoms with Crippen LogP contribution in [0.1, 0.15) is 23.0 Å². The molecule has 1 aromatic heterocycles. The van der Waals surface area contributed by atoms with E-state index in [2.05, 4.69) is 15.7 Å². The summed E-state index contributed by atoms with van der Waals surface area (Å²) < 4.78 is 6.58. The van der Waals surface area contributed by atoms with E-state index in [-0.39, 0.29) is 5.91 Å². The lowest BCUT2D eigenvalue weighted by Crippen LogP contribution is -2.33. The van der Waals surface area contributed by atoms with Crippen molar-refractivity contribution in [3.8, 4) is 0 Å². The van der Waals surface area contributed by atoms with Gasteiger partial charge >= 0.3 is 0 Å². The molecule has 0 bridgehead atoms. The molecule has 6 nitrogen and oxygen atoms in total. The number of ether oxygens (including phenoxy) is 1. The molecule has 1 heterocycles. The van der Waals surface area contributed by atoms with Gasteiger partial charge in [-0.2, -0.15) is 5.10 Å². The Hall–Kier alpha value is -1.40. The highest BCUT2D eigenvalue weighted by molar-refractivity contribution is 5.95. The molecule has 0 atom stereocenters. The number of nitrogens with zero attached hydrogens (tertiary/aromatic N) is 2. The first-order valence-electron chi connectivity index (χ1n) is 6.19. The zero-order valence-corrected chi connectivity index (χ0v) is 11.3. The molecule has 18 heavy (non-hydrogen) atoms. The number of methoxy groups -OCH3 is 1. The quantitative estimate of drug-likeness (QED) is 0.638. The lowest BCUT2D eigenvalue weighted by Gasteiger charge is -2.06. The molecule has 0 aliphatic heterocycles. The van der Waals surface area contributed by atoms with Crippen molar-refractivity contribution in [2.24, 2.45) is 7.05 Å². The minimum atomic E-state index is -0.0616. The second-order valence-electron chi connectivity index (χ2n) is 4.02. The zero-order valence-electron chi connectivity index (χ0n) is 11.3. The standard InChI is InChI=1S/C12H22N4O2/c1-4-11-10(9-16(2)15-11)12(17)14-6-5-13-7-8-18-3/h9,13H,4-8H2,1-3H3,(H,14,17). The Morgan fingerprint density at radius 1 is 1.44 bits per heavy atom. The third-order valence-electron chi connectivity index (χ3n) is 2.56. The van der Waals surface area contributed by atoms with Gasteiger partial charge in [-0.05, 0) is 6.42 Å². The predicted molar refractivity (Wildman–Crippen MR) is 69.7 cm³/mol. The maximum atomic E-state index is 11.9. The fourth-order valence-electron chi connectivity index (χ4n) is 1.64. The van der Waals surface area contributed by atoms with Crippen LogP contribution >= 0.6 is 0 Å².